The Bertz CT molecular complexity index is 291. The van der Waals surface area contributed by atoms with Crippen LogP contribution in [0.25, 0.3) is 0 Å². The van der Waals surface area contributed by atoms with E-state index in [1.54, 1.807) is 0 Å². The standard InChI is InChI=1S/C16H29NO3/c1-2-3-10-19-12-14-7-4-5-8-15(14)13-20-11-6-9-16(17)18/h4-5,14-15H,2-3,6-13H2,1H3,(H2,17,18)/t14-,15+/m1/s1. The van der Waals surface area contributed by atoms with Gasteiger partial charge in [-0.1, -0.05) is 25.5 Å². The van der Waals surface area contributed by atoms with Gasteiger partial charge in [0.25, 0.3) is 0 Å². The van der Waals surface area contributed by atoms with Crippen molar-refractivity contribution in [3.63, 3.8) is 0 Å². The normalized spacial score (nSPS) is 22.1. The van der Waals surface area contributed by atoms with Gasteiger partial charge >= 0.3 is 0 Å². The van der Waals surface area contributed by atoms with Crippen molar-refractivity contribution in [1.82, 2.24) is 0 Å². The van der Waals surface area contributed by atoms with E-state index in [2.05, 4.69) is 19.1 Å². The van der Waals surface area contributed by atoms with E-state index in [0.29, 0.717) is 24.9 Å². The number of amides is 1. The molecular weight excluding hydrogens is 254 g/mol. The molecule has 0 aliphatic heterocycles. The number of unbranched alkanes of at least 4 members (excludes halogenated alkanes) is 1. The zero-order valence-electron chi connectivity index (χ0n) is 12.7. The molecule has 0 aromatic carbocycles. The minimum atomic E-state index is -0.253. The summed E-state index contributed by atoms with van der Waals surface area (Å²) in [7, 11) is 0. The monoisotopic (exact) mass is 283 g/mol. The fourth-order valence-electron chi connectivity index (χ4n) is 2.40. The van der Waals surface area contributed by atoms with E-state index in [1.807, 2.05) is 0 Å². The lowest BCUT2D eigenvalue weighted by atomic mass is 9.84. The molecule has 0 heterocycles. The number of allylic oxidation sites excluding steroid dienone is 2. The molecule has 20 heavy (non-hydrogen) atoms. The van der Waals surface area contributed by atoms with Crippen molar-refractivity contribution in [3.05, 3.63) is 12.2 Å². The third-order valence-corrected chi connectivity index (χ3v) is 3.73. The molecular formula is C16H29NO3. The second kappa shape index (κ2) is 10.9. The number of nitrogens with two attached hydrogens (primary N) is 1. The zero-order valence-corrected chi connectivity index (χ0v) is 12.7. The lowest BCUT2D eigenvalue weighted by Crippen LogP contribution is -2.26. The first kappa shape index (κ1) is 17.2. The van der Waals surface area contributed by atoms with Gasteiger partial charge in [0.05, 0.1) is 13.2 Å². The Balaban J connectivity index is 2.16. The van der Waals surface area contributed by atoms with Crippen molar-refractivity contribution in [1.29, 1.82) is 0 Å². The van der Waals surface area contributed by atoms with Gasteiger partial charge in [-0.25, -0.2) is 0 Å². The van der Waals surface area contributed by atoms with Crippen LogP contribution in [0.4, 0.5) is 0 Å². The lowest BCUT2D eigenvalue weighted by Gasteiger charge is -2.28. The molecule has 0 saturated carbocycles. The van der Waals surface area contributed by atoms with E-state index >= 15 is 0 Å². The number of carbonyl (C=O) groups excluding carboxylic acids is 1. The Morgan fingerprint density at radius 3 is 2.15 bits per heavy atom. The first-order chi connectivity index (χ1) is 9.74. The average Bonchev–Trinajstić information content (AvgIpc) is 2.44. The Labute approximate surface area is 122 Å². The van der Waals surface area contributed by atoms with E-state index < -0.39 is 0 Å². The van der Waals surface area contributed by atoms with Crippen LogP contribution in [-0.4, -0.2) is 32.3 Å². The largest absolute Gasteiger partial charge is 0.381 e. The highest BCUT2D eigenvalue weighted by Gasteiger charge is 2.22. The van der Waals surface area contributed by atoms with Crippen LogP contribution in [-0.2, 0) is 14.3 Å². The highest BCUT2D eigenvalue weighted by molar-refractivity contribution is 5.73. The summed E-state index contributed by atoms with van der Waals surface area (Å²) in [4.78, 5) is 10.6. The molecule has 0 fully saturated rings. The lowest BCUT2D eigenvalue weighted by molar-refractivity contribution is -0.118. The van der Waals surface area contributed by atoms with E-state index in [0.717, 1.165) is 45.5 Å². The Morgan fingerprint density at radius 1 is 1.10 bits per heavy atom. The van der Waals surface area contributed by atoms with Gasteiger partial charge in [-0.15, -0.1) is 0 Å². The summed E-state index contributed by atoms with van der Waals surface area (Å²) in [5, 5.41) is 0. The maximum Gasteiger partial charge on any atom is 0.217 e. The van der Waals surface area contributed by atoms with Crippen molar-refractivity contribution in [2.75, 3.05) is 26.4 Å². The molecule has 0 saturated heterocycles. The van der Waals surface area contributed by atoms with Crippen LogP contribution in [0.15, 0.2) is 12.2 Å². The topological polar surface area (TPSA) is 61.6 Å². The van der Waals surface area contributed by atoms with Gasteiger partial charge in [0.2, 0.25) is 5.91 Å². The van der Waals surface area contributed by atoms with Crippen molar-refractivity contribution in [3.8, 4) is 0 Å². The molecule has 2 atom stereocenters. The first-order valence-electron chi connectivity index (χ1n) is 7.82. The van der Waals surface area contributed by atoms with Gasteiger partial charge in [0.1, 0.15) is 0 Å². The third-order valence-electron chi connectivity index (χ3n) is 3.73. The molecule has 0 aromatic rings. The summed E-state index contributed by atoms with van der Waals surface area (Å²) in [5.41, 5.74) is 5.10. The van der Waals surface area contributed by atoms with Crippen molar-refractivity contribution in [2.45, 2.75) is 45.4 Å². The summed E-state index contributed by atoms with van der Waals surface area (Å²) in [6.45, 7) is 5.25. The highest BCUT2D eigenvalue weighted by atomic mass is 16.5. The van der Waals surface area contributed by atoms with Gasteiger partial charge < -0.3 is 15.2 Å². The number of ether oxygens (including phenoxy) is 2. The minimum Gasteiger partial charge on any atom is -0.381 e. The van der Waals surface area contributed by atoms with E-state index in [4.69, 9.17) is 15.2 Å². The van der Waals surface area contributed by atoms with E-state index in [9.17, 15) is 4.79 Å². The average molecular weight is 283 g/mol. The van der Waals surface area contributed by atoms with Crippen LogP contribution in [0, 0.1) is 11.8 Å². The van der Waals surface area contributed by atoms with Gasteiger partial charge in [0.15, 0.2) is 0 Å². The van der Waals surface area contributed by atoms with Crippen LogP contribution in [0.2, 0.25) is 0 Å². The number of hydrogen-bond donors (Lipinski definition) is 1. The molecule has 0 radical (unpaired) electrons. The predicted molar refractivity (Wildman–Crippen MR) is 80.3 cm³/mol. The second-order valence-corrected chi connectivity index (χ2v) is 5.54. The van der Waals surface area contributed by atoms with E-state index in [-0.39, 0.29) is 5.91 Å². The van der Waals surface area contributed by atoms with Gasteiger partial charge in [-0.05, 0) is 37.5 Å². The van der Waals surface area contributed by atoms with Crippen LogP contribution in [0.5, 0.6) is 0 Å². The van der Waals surface area contributed by atoms with Crippen LogP contribution >= 0.6 is 0 Å². The SMILES string of the molecule is CCCCOC[C@H]1CC=CC[C@H]1COCCCC(N)=O. The fraction of sp³-hybridized carbons (Fsp3) is 0.812. The maximum atomic E-state index is 10.6. The minimum absolute atomic E-state index is 0.253. The Morgan fingerprint density at radius 2 is 1.65 bits per heavy atom. The summed E-state index contributed by atoms with van der Waals surface area (Å²) >= 11 is 0. The smallest absolute Gasteiger partial charge is 0.217 e. The molecule has 1 aliphatic rings. The molecule has 0 unspecified atom stereocenters. The van der Waals surface area contributed by atoms with Crippen LogP contribution in [0.1, 0.15) is 45.4 Å². The molecule has 1 aliphatic carbocycles. The summed E-state index contributed by atoms with van der Waals surface area (Å²) in [6, 6.07) is 0. The summed E-state index contributed by atoms with van der Waals surface area (Å²) in [5.74, 6) is 0.847. The summed E-state index contributed by atoms with van der Waals surface area (Å²) in [6.07, 6.45) is 10.1. The molecule has 2 N–H and O–H groups in total. The van der Waals surface area contributed by atoms with E-state index in [1.165, 1.54) is 6.42 Å². The zero-order chi connectivity index (χ0) is 14.6. The molecule has 4 nitrogen and oxygen atoms in total. The fourth-order valence-corrected chi connectivity index (χ4v) is 2.40. The van der Waals surface area contributed by atoms with Crippen LogP contribution in [0.3, 0.4) is 0 Å². The quantitative estimate of drug-likeness (QED) is 0.468. The Hall–Kier alpha value is -0.870. The molecule has 1 rings (SSSR count). The third kappa shape index (κ3) is 7.65. The molecule has 116 valence electrons. The first-order valence-corrected chi connectivity index (χ1v) is 7.82. The van der Waals surface area contributed by atoms with Crippen molar-refractivity contribution >= 4 is 5.91 Å². The van der Waals surface area contributed by atoms with Crippen molar-refractivity contribution < 1.29 is 14.3 Å². The second-order valence-electron chi connectivity index (χ2n) is 5.54. The number of primary amides is 1. The molecule has 1 amide bonds. The number of carbonyl (C=O) groups is 1. The number of hydrogen-bond acceptors (Lipinski definition) is 3. The molecule has 0 aromatic heterocycles. The van der Waals surface area contributed by atoms with Gasteiger partial charge in [-0.2, -0.15) is 0 Å². The predicted octanol–water partition coefficient (Wildman–Crippen LogP) is 2.67. The van der Waals surface area contributed by atoms with Gasteiger partial charge in [-0.3, -0.25) is 4.79 Å². The maximum absolute atomic E-state index is 10.6. The van der Waals surface area contributed by atoms with Gasteiger partial charge in [0, 0.05) is 19.6 Å². The molecule has 0 spiro atoms. The van der Waals surface area contributed by atoms with Crippen LogP contribution < -0.4 is 5.73 Å². The molecule has 4 heteroatoms. The van der Waals surface area contributed by atoms with Crippen molar-refractivity contribution in [2.24, 2.45) is 17.6 Å². The Kier molecular flexibility index (Phi) is 9.33. The number of rotatable bonds is 11. The highest BCUT2D eigenvalue weighted by Crippen LogP contribution is 2.26. The molecule has 0 bridgehead atoms. The summed E-state index contributed by atoms with van der Waals surface area (Å²) < 4.78 is 11.4.